The van der Waals surface area contributed by atoms with Gasteiger partial charge in [0.1, 0.15) is 0 Å². The van der Waals surface area contributed by atoms with Crippen LogP contribution >= 0.6 is 0 Å². The van der Waals surface area contributed by atoms with Crippen molar-refractivity contribution in [3.63, 3.8) is 0 Å². The molecule has 1 aromatic carbocycles. The van der Waals surface area contributed by atoms with E-state index in [4.69, 9.17) is 0 Å². The standard InChI is InChI=1S/C10H12/c1-2-3-7-10-8-5-4-6-9-10/h2,4-9H,3H2,1H3. The van der Waals surface area contributed by atoms with Gasteiger partial charge in [-0.1, -0.05) is 37.3 Å². The van der Waals surface area contributed by atoms with Crippen LogP contribution < -0.4 is 0 Å². The Bertz CT molecular complexity index is 165. The summed E-state index contributed by atoms with van der Waals surface area (Å²) in [6.45, 7) is 2.07. The highest BCUT2D eigenvalue weighted by atomic mass is 13.9. The van der Waals surface area contributed by atoms with Crippen LogP contribution in [0.15, 0.2) is 30.3 Å². The zero-order chi connectivity index (χ0) is 7.23. The summed E-state index contributed by atoms with van der Waals surface area (Å²) in [6, 6.07) is 10.4. The van der Waals surface area contributed by atoms with Gasteiger partial charge in [0.05, 0.1) is 0 Å². The van der Waals surface area contributed by atoms with E-state index in [9.17, 15) is 0 Å². The first-order valence-electron chi connectivity index (χ1n) is 3.59. The first kappa shape index (κ1) is 7.33. The van der Waals surface area contributed by atoms with Crippen LogP contribution in [0.5, 0.6) is 0 Å². The predicted molar refractivity (Wildman–Crippen MR) is 44.4 cm³/mol. The van der Waals surface area contributed by atoms with Gasteiger partial charge in [0.25, 0.3) is 0 Å². The molecule has 0 aliphatic heterocycles. The Balaban J connectivity index is 2.43. The lowest BCUT2D eigenvalue weighted by Crippen LogP contribution is -1.78. The molecule has 0 atom stereocenters. The molecule has 0 amide bonds. The topological polar surface area (TPSA) is 0 Å². The number of hydrogen-bond acceptors (Lipinski definition) is 0. The van der Waals surface area contributed by atoms with Gasteiger partial charge in [-0.05, 0) is 24.8 Å². The molecule has 1 aromatic rings. The summed E-state index contributed by atoms with van der Waals surface area (Å²) in [7, 11) is 0. The van der Waals surface area contributed by atoms with Crippen molar-refractivity contribution in [1.29, 1.82) is 0 Å². The van der Waals surface area contributed by atoms with E-state index in [1.165, 1.54) is 5.56 Å². The number of rotatable bonds is 3. The molecular formula is C10H12. The third kappa shape index (κ3) is 2.22. The van der Waals surface area contributed by atoms with Crippen molar-refractivity contribution in [2.24, 2.45) is 0 Å². The highest BCUT2D eigenvalue weighted by molar-refractivity contribution is 5.22. The maximum Gasteiger partial charge on any atom is -0.00904 e. The molecule has 0 fully saturated rings. The van der Waals surface area contributed by atoms with Crippen molar-refractivity contribution < 1.29 is 0 Å². The second-order valence-electron chi connectivity index (χ2n) is 2.26. The smallest absolute Gasteiger partial charge is 0.00904 e. The van der Waals surface area contributed by atoms with E-state index < -0.39 is 0 Å². The molecule has 0 aliphatic rings. The molecule has 0 nitrogen and oxygen atoms in total. The highest BCUT2D eigenvalue weighted by Gasteiger charge is 1.88. The fourth-order valence-corrected chi connectivity index (χ4v) is 0.843. The molecule has 0 aliphatic carbocycles. The molecule has 10 heavy (non-hydrogen) atoms. The quantitative estimate of drug-likeness (QED) is 0.593. The van der Waals surface area contributed by atoms with E-state index in [2.05, 4.69) is 44.0 Å². The van der Waals surface area contributed by atoms with Crippen molar-refractivity contribution in [3.05, 3.63) is 48.7 Å². The molecular weight excluding hydrogens is 120 g/mol. The van der Waals surface area contributed by atoms with E-state index in [0.29, 0.717) is 0 Å². The van der Waals surface area contributed by atoms with Crippen LogP contribution in [0.2, 0.25) is 0 Å². The molecule has 2 radical (unpaired) electrons. The molecule has 0 saturated carbocycles. The first-order valence-corrected chi connectivity index (χ1v) is 3.59. The van der Waals surface area contributed by atoms with Gasteiger partial charge in [0, 0.05) is 0 Å². The van der Waals surface area contributed by atoms with E-state index in [1.807, 2.05) is 6.07 Å². The average Bonchev–Trinajstić information content (AvgIpc) is 2.03. The molecule has 52 valence electrons. The van der Waals surface area contributed by atoms with Crippen LogP contribution in [0.3, 0.4) is 0 Å². The Kier molecular flexibility index (Phi) is 3.01. The Morgan fingerprint density at radius 1 is 1.20 bits per heavy atom. The lowest BCUT2D eigenvalue weighted by atomic mass is 10.1. The van der Waals surface area contributed by atoms with Crippen LogP contribution in [0, 0.1) is 12.8 Å². The van der Waals surface area contributed by atoms with E-state index >= 15 is 0 Å². The third-order valence-corrected chi connectivity index (χ3v) is 1.39. The fourth-order valence-electron chi connectivity index (χ4n) is 0.843. The second-order valence-corrected chi connectivity index (χ2v) is 2.26. The fraction of sp³-hybridized carbons (Fsp3) is 0.200. The highest BCUT2D eigenvalue weighted by Crippen LogP contribution is 2.05. The van der Waals surface area contributed by atoms with Gasteiger partial charge in [-0.15, -0.1) is 0 Å². The predicted octanol–water partition coefficient (Wildman–Crippen LogP) is 2.85. The van der Waals surface area contributed by atoms with Gasteiger partial charge in [0.2, 0.25) is 0 Å². The first-order chi connectivity index (χ1) is 4.93. The Morgan fingerprint density at radius 3 is 2.50 bits per heavy atom. The second kappa shape index (κ2) is 4.10. The van der Waals surface area contributed by atoms with E-state index in [1.54, 1.807) is 0 Å². The van der Waals surface area contributed by atoms with Crippen molar-refractivity contribution in [2.75, 3.05) is 0 Å². The van der Waals surface area contributed by atoms with E-state index in [0.717, 1.165) is 6.42 Å². The number of benzene rings is 1. The summed E-state index contributed by atoms with van der Waals surface area (Å²) in [5.74, 6) is 0. The summed E-state index contributed by atoms with van der Waals surface area (Å²) in [6.07, 6.45) is 5.41. The van der Waals surface area contributed by atoms with Gasteiger partial charge < -0.3 is 0 Å². The monoisotopic (exact) mass is 132 g/mol. The molecule has 1 rings (SSSR count). The minimum atomic E-state index is 1.06. The summed E-state index contributed by atoms with van der Waals surface area (Å²) >= 11 is 0. The molecule has 0 saturated heterocycles. The van der Waals surface area contributed by atoms with Crippen molar-refractivity contribution in [3.8, 4) is 0 Å². The minimum Gasteiger partial charge on any atom is -0.0622 e. The number of unbranched alkanes of at least 4 members (excludes halogenated alkanes) is 1. The van der Waals surface area contributed by atoms with Crippen molar-refractivity contribution in [2.45, 2.75) is 13.3 Å². The summed E-state index contributed by atoms with van der Waals surface area (Å²) in [4.78, 5) is 0. The van der Waals surface area contributed by atoms with Gasteiger partial charge in [-0.2, -0.15) is 0 Å². The normalized spacial score (nSPS) is 9.70. The minimum absolute atomic E-state index is 1.06. The maximum atomic E-state index is 2.21. The van der Waals surface area contributed by atoms with Gasteiger partial charge in [-0.3, -0.25) is 0 Å². The lowest BCUT2D eigenvalue weighted by Gasteiger charge is -1.95. The van der Waals surface area contributed by atoms with Gasteiger partial charge in [-0.25, -0.2) is 0 Å². The van der Waals surface area contributed by atoms with Crippen LogP contribution in [0.25, 0.3) is 0 Å². The summed E-state index contributed by atoms with van der Waals surface area (Å²) in [5, 5.41) is 0. The van der Waals surface area contributed by atoms with Crippen LogP contribution in [0.1, 0.15) is 18.9 Å². The molecule has 0 bridgehead atoms. The molecule has 0 heteroatoms. The zero-order valence-electron chi connectivity index (χ0n) is 6.25. The third-order valence-electron chi connectivity index (χ3n) is 1.39. The molecule has 0 N–H and O–H groups in total. The maximum absolute atomic E-state index is 2.21. The average molecular weight is 132 g/mol. The lowest BCUT2D eigenvalue weighted by molar-refractivity contribution is 1.13. The van der Waals surface area contributed by atoms with Crippen LogP contribution in [0.4, 0.5) is 0 Å². The molecule has 0 heterocycles. The Labute approximate surface area is 62.9 Å². The summed E-state index contributed by atoms with van der Waals surface area (Å²) in [5.41, 5.74) is 1.31. The van der Waals surface area contributed by atoms with E-state index in [-0.39, 0.29) is 0 Å². The van der Waals surface area contributed by atoms with Crippen molar-refractivity contribution >= 4 is 0 Å². The summed E-state index contributed by atoms with van der Waals surface area (Å²) < 4.78 is 0. The van der Waals surface area contributed by atoms with Crippen LogP contribution in [-0.2, 0) is 0 Å². The van der Waals surface area contributed by atoms with Crippen molar-refractivity contribution in [1.82, 2.24) is 0 Å². The molecule has 0 spiro atoms. The van der Waals surface area contributed by atoms with Gasteiger partial charge >= 0.3 is 0 Å². The largest absolute Gasteiger partial charge is 0.0622 e. The number of hydrogen-bond donors (Lipinski definition) is 0. The zero-order valence-corrected chi connectivity index (χ0v) is 6.25. The SMILES string of the molecule is C[CH]C[CH]c1ccccc1. The van der Waals surface area contributed by atoms with Crippen LogP contribution in [-0.4, -0.2) is 0 Å². The Hall–Kier alpha value is -0.780. The Morgan fingerprint density at radius 2 is 1.90 bits per heavy atom. The van der Waals surface area contributed by atoms with Gasteiger partial charge in [0.15, 0.2) is 0 Å². The molecule has 0 aromatic heterocycles. The molecule has 0 unspecified atom stereocenters.